The molecule has 0 radical (unpaired) electrons. The van der Waals surface area contributed by atoms with E-state index in [9.17, 15) is 9.90 Å². The number of nitrogens with zero attached hydrogens (tertiary/aromatic N) is 1. The monoisotopic (exact) mass is 282 g/mol. The lowest BCUT2D eigenvalue weighted by Gasteiger charge is -2.24. The van der Waals surface area contributed by atoms with E-state index in [1.807, 2.05) is 6.92 Å². The van der Waals surface area contributed by atoms with Crippen LogP contribution in [-0.2, 0) is 11.2 Å². The number of thiazole rings is 1. The molecule has 0 saturated heterocycles. The molecule has 2 rings (SSSR count). The maximum atomic E-state index is 11.9. The van der Waals surface area contributed by atoms with Gasteiger partial charge in [0.05, 0.1) is 11.1 Å². The van der Waals surface area contributed by atoms with Crippen molar-refractivity contribution in [2.24, 2.45) is 5.92 Å². The molecule has 0 bridgehead atoms. The summed E-state index contributed by atoms with van der Waals surface area (Å²) in [5.41, 5.74) is 1.07. The molecule has 4 nitrogen and oxygen atoms in total. The van der Waals surface area contributed by atoms with E-state index in [2.05, 4.69) is 15.7 Å². The van der Waals surface area contributed by atoms with Crippen molar-refractivity contribution >= 4 is 17.2 Å². The van der Waals surface area contributed by atoms with Gasteiger partial charge in [0.1, 0.15) is 0 Å². The van der Waals surface area contributed by atoms with Crippen molar-refractivity contribution in [1.82, 2.24) is 10.3 Å². The van der Waals surface area contributed by atoms with Crippen LogP contribution in [0.5, 0.6) is 0 Å². The average molecular weight is 282 g/mol. The molecular weight excluding hydrogens is 260 g/mol. The van der Waals surface area contributed by atoms with Crippen LogP contribution in [0.15, 0.2) is 5.38 Å². The normalized spacial score (nSPS) is 23.3. The quantitative estimate of drug-likeness (QED) is 0.813. The summed E-state index contributed by atoms with van der Waals surface area (Å²) in [6.45, 7) is 2.69. The van der Waals surface area contributed by atoms with E-state index >= 15 is 0 Å². The number of hydrogen-bond acceptors (Lipinski definition) is 4. The molecule has 0 spiro atoms. The lowest BCUT2D eigenvalue weighted by Crippen LogP contribution is -2.35. The van der Waals surface area contributed by atoms with Gasteiger partial charge in [-0.2, -0.15) is 0 Å². The summed E-state index contributed by atoms with van der Waals surface area (Å²) >= 11 is 1.68. The number of nitrogens with one attached hydrogen (secondary N) is 1. The predicted octanol–water partition coefficient (Wildman–Crippen LogP) is 2.05. The number of aliphatic hydroxyl groups excluding tert-OH is 1. The number of carbonyl (C=O) groups excluding carboxylic acids is 1. The summed E-state index contributed by atoms with van der Waals surface area (Å²) < 4.78 is 0. The van der Waals surface area contributed by atoms with Crippen LogP contribution in [0.25, 0.3) is 0 Å². The summed E-state index contributed by atoms with van der Waals surface area (Å²) in [6, 6.07) is 0. The number of rotatable bonds is 5. The van der Waals surface area contributed by atoms with Gasteiger partial charge in [0.15, 0.2) is 0 Å². The number of aromatic nitrogens is 1. The Morgan fingerprint density at radius 2 is 2.42 bits per heavy atom. The zero-order valence-electron chi connectivity index (χ0n) is 11.4. The van der Waals surface area contributed by atoms with Crippen molar-refractivity contribution in [2.45, 2.75) is 51.6 Å². The van der Waals surface area contributed by atoms with Crippen LogP contribution < -0.4 is 5.32 Å². The Hall–Kier alpha value is -0.940. The van der Waals surface area contributed by atoms with Crippen LogP contribution in [0, 0.1) is 12.8 Å². The molecule has 1 aromatic rings. The van der Waals surface area contributed by atoms with E-state index < -0.39 is 0 Å². The van der Waals surface area contributed by atoms with Crippen LogP contribution >= 0.6 is 11.3 Å². The summed E-state index contributed by atoms with van der Waals surface area (Å²) in [6.07, 6.45) is 4.89. The van der Waals surface area contributed by atoms with E-state index in [1.165, 1.54) is 0 Å². The van der Waals surface area contributed by atoms with E-state index in [-0.39, 0.29) is 17.9 Å². The highest BCUT2D eigenvalue weighted by Crippen LogP contribution is 2.24. The first kappa shape index (κ1) is 14.5. The van der Waals surface area contributed by atoms with Crippen LogP contribution in [-0.4, -0.2) is 28.6 Å². The first-order valence-corrected chi connectivity index (χ1v) is 7.90. The minimum atomic E-state index is -0.289. The van der Waals surface area contributed by atoms with Gasteiger partial charge in [0.2, 0.25) is 5.91 Å². The topological polar surface area (TPSA) is 62.2 Å². The van der Waals surface area contributed by atoms with Gasteiger partial charge in [-0.1, -0.05) is 6.42 Å². The molecule has 1 aromatic heterocycles. The number of amides is 1. The molecular formula is C14H22N2O2S. The van der Waals surface area contributed by atoms with E-state index in [0.29, 0.717) is 13.0 Å². The largest absolute Gasteiger partial charge is 0.393 e. The zero-order valence-corrected chi connectivity index (χ0v) is 12.2. The summed E-state index contributed by atoms with van der Waals surface area (Å²) in [5, 5.41) is 15.7. The molecule has 2 N–H and O–H groups in total. The maximum absolute atomic E-state index is 11.9. The highest BCUT2D eigenvalue weighted by Gasteiger charge is 2.25. The summed E-state index contributed by atoms with van der Waals surface area (Å²) in [5.74, 6) is 0.111. The fraction of sp³-hybridized carbons (Fsp3) is 0.714. The first-order chi connectivity index (χ1) is 9.15. The predicted molar refractivity (Wildman–Crippen MR) is 76.1 cm³/mol. The van der Waals surface area contributed by atoms with Gasteiger partial charge < -0.3 is 10.4 Å². The standard InChI is InChI=1S/C14H22N2O2S/c1-10-9-19-13(16-10)6-3-7-15-14(18)11-4-2-5-12(17)8-11/h9,11-12,17H,2-8H2,1H3,(H,15,18)/t11-,12-/m0/s1. The van der Waals surface area contributed by atoms with Crippen molar-refractivity contribution in [3.8, 4) is 0 Å². The Balaban J connectivity index is 1.63. The van der Waals surface area contributed by atoms with Crippen LogP contribution in [0.4, 0.5) is 0 Å². The molecule has 5 heteroatoms. The van der Waals surface area contributed by atoms with Crippen molar-refractivity contribution in [2.75, 3.05) is 6.54 Å². The van der Waals surface area contributed by atoms with Crippen LogP contribution in [0.2, 0.25) is 0 Å². The smallest absolute Gasteiger partial charge is 0.223 e. The molecule has 1 saturated carbocycles. The second-order valence-corrected chi connectivity index (χ2v) is 6.24. The zero-order chi connectivity index (χ0) is 13.7. The number of carbonyl (C=O) groups is 1. The second-order valence-electron chi connectivity index (χ2n) is 5.29. The fourth-order valence-corrected chi connectivity index (χ4v) is 3.33. The van der Waals surface area contributed by atoms with Crippen molar-refractivity contribution < 1.29 is 9.90 Å². The Kier molecular flexibility index (Phi) is 5.34. The summed E-state index contributed by atoms with van der Waals surface area (Å²) in [4.78, 5) is 16.3. The second kappa shape index (κ2) is 7.01. The Bertz CT molecular complexity index is 419. The number of hydrogen-bond donors (Lipinski definition) is 2. The van der Waals surface area contributed by atoms with Crippen LogP contribution in [0.1, 0.15) is 42.8 Å². The van der Waals surface area contributed by atoms with Gasteiger partial charge in [-0.15, -0.1) is 11.3 Å². The lowest BCUT2D eigenvalue weighted by atomic mass is 9.87. The van der Waals surface area contributed by atoms with E-state index in [1.54, 1.807) is 11.3 Å². The van der Waals surface area contributed by atoms with Crippen molar-refractivity contribution in [3.05, 3.63) is 16.1 Å². The van der Waals surface area contributed by atoms with Gasteiger partial charge >= 0.3 is 0 Å². The maximum Gasteiger partial charge on any atom is 0.223 e. The molecule has 106 valence electrons. The van der Waals surface area contributed by atoms with Gasteiger partial charge in [-0.25, -0.2) is 4.98 Å². The Labute approximate surface area is 118 Å². The number of aliphatic hydroxyl groups is 1. The van der Waals surface area contributed by atoms with Crippen molar-refractivity contribution in [3.63, 3.8) is 0 Å². The molecule has 1 aliphatic carbocycles. The highest BCUT2D eigenvalue weighted by atomic mass is 32.1. The molecule has 0 unspecified atom stereocenters. The lowest BCUT2D eigenvalue weighted by molar-refractivity contribution is -0.127. The molecule has 2 atom stereocenters. The third kappa shape index (κ3) is 4.58. The minimum absolute atomic E-state index is 0.00542. The van der Waals surface area contributed by atoms with Crippen LogP contribution in [0.3, 0.4) is 0 Å². The molecule has 19 heavy (non-hydrogen) atoms. The molecule has 1 aliphatic rings. The van der Waals surface area contributed by atoms with E-state index in [4.69, 9.17) is 0 Å². The third-order valence-electron chi connectivity index (χ3n) is 3.55. The Morgan fingerprint density at radius 1 is 1.58 bits per heavy atom. The molecule has 1 heterocycles. The van der Waals surface area contributed by atoms with Gasteiger partial charge in [0.25, 0.3) is 0 Å². The fourth-order valence-electron chi connectivity index (χ4n) is 2.52. The van der Waals surface area contributed by atoms with Gasteiger partial charge in [-0.05, 0) is 32.6 Å². The molecule has 1 fully saturated rings. The molecule has 0 aliphatic heterocycles. The first-order valence-electron chi connectivity index (χ1n) is 7.02. The van der Waals surface area contributed by atoms with E-state index in [0.717, 1.165) is 42.8 Å². The summed E-state index contributed by atoms with van der Waals surface area (Å²) in [7, 11) is 0. The molecule has 0 aromatic carbocycles. The highest BCUT2D eigenvalue weighted by molar-refractivity contribution is 7.09. The third-order valence-corrected chi connectivity index (χ3v) is 4.58. The number of aryl methyl sites for hydroxylation is 2. The average Bonchev–Trinajstić information content (AvgIpc) is 2.80. The van der Waals surface area contributed by atoms with Gasteiger partial charge in [0, 0.05) is 30.0 Å². The molecule has 1 amide bonds. The SMILES string of the molecule is Cc1csc(CCCNC(=O)[C@H]2CCC[C@H](O)C2)n1. The van der Waals surface area contributed by atoms with Crippen molar-refractivity contribution in [1.29, 1.82) is 0 Å². The van der Waals surface area contributed by atoms with Gasteiger partial charge in [-0.3, -0.25) is 4.79 Å². The minimum Gasteiger partial charge on any atom is -0.393 e. The Morgan fingerprint density at radius 3 is 3.11 bits per heavy atom.